The average Bonchev–Trinajstić information content (AvgIpc) is 3.22. The lowest BCUT2D eigenvalue weighted by Crippen LogP contribution is -2.29. The fourth-order valence-corrected chi connectivity index (χ4v) is 4.69. The molecule has 39 heavy (non-hydrogen) atoms. The second-order valence-corrected chi connectivity index (χ2v) is 9.28. The van der Waals surface area contributed by atoms with E-state index in [2.05, 4.69) is 4.98 Å². The number of rotatable bonds is 8. The van der Waals surface area contributed by atoms with E-state index in [1.54, 1.807) is 67.9 Å². The number of Topliss-reactive ketones (excluding diaryl/α,β-unsaturated/α-hetero) is 1. The molecule has 0 spiro atoms. The quantitative estimate of drug-likeness (QED) is 0.185. The van der Waals surface area contributed by atoms with Gasteiger partial charge in [0.1, 0.15) is 23.9 Å². The van der Waals surface area contributed by atoms with E-state index in [1.165, 1.54) is 4.90 Å². The number of aliphatic hydroxyl groups is 1. The number of nitrogens with zero attached hydrogens (tertiary/aromatic N) is 2. The van der Waals surface area contributed by atoms with Crippen LogP contribution in [0.25, 0.3) is 5.76 Å². The Bertz CT molecular complexity index is 1520. The molecule has 1 aromatic heterocycles. The maximum Gasteiger partial charge on any atom is 0.296 e. The highest BCUT2D eigenvalue weighted by molar-refractivity contribution is 6.46. The molecule has 1 aliphatic heterocycles. The first-order valence-corrected chi connectivity index (χ1v) is 12.6. The van der Waals surface area contributed by atoms with Gasteiger partial charge in [-0.05, 0) is 66.1 Å². The zero-order valence-corrected chi connectivity index (χ0v) is 21.7. The Morgan fingerprint density at radius 1 is 0.949 bits per heavy atom. The van der Waals surface area contributed by atoms with Crippen LogP contribution in [0, 0.1) is 6.92 Å². The minimum Gasteiger partial charge on any atom is -0.507 e. The molecule has 0 bridgehead atoms. The SMILES string of the molecule is COc1ccc(C2/C(=C(/O)c3ccc(OCc4ccccc4)c(C)c3)C(=O)C(=O)N2Cc2ccccn2)cc1. The number of carbonyl (C=O) groups excluding carboxylic acids is 2. The largest absolute Gasteiger partial charge is 0.507 e. The van der Waals surface area contributed by atoms with E-state index in [0.29, 0.717) is 34.9 Å². The molecule has 196 valence electrons. The van der Waals surface area contributed by atoms with Gasteiger partial charge in [0.05, 0.1) is 31.0 Å². The van der Waals surface area contributed by atoms with E-state index in [9.17, 15) is 14.7 Å². The topological polar surface area (TPSA) is 89.0 Å². The Morgan fingerprint density at radius 3 is 2.36 bits per heavy atom. The molecule has 1 unspecified atom stereocenters. The molecule has 7 heteroatoms. The van der Waals surface area contributed by atoms with Crippen LogP contribution in [0.3, 0.4) is 0 Å². The van der Waals surface area contributed by atoms with Gasteiger partial charge in [0.25, 0.3) is 11.7 Å². The number of hydrogen-bond acceptors (Lipinski definition) is 6. The van der Waals surface area contributed by atoms with Crippen molar-refractivity contribution in [2.45, 2.75) is 26.1 Å². The Labute approximate surface area is 227 Å². The molecule has 1 aliphatic rings. The average molecular weight is 521 g/mol. The molecule has 0 aliphatic carbocycles. The zero-order valence-electron chi connectivity index (χ0n) is 21.7. The van der Waals surface area contributed by atoms with Crippen molar-refractivity contribution in [3.63, 3.8) is 0 Å². The molecule has 1 N–H and O–H groups in total. The van der Waals surface area contributed by atoms with E-state index in [0.717, 1.165) is 11.1 Å². The molecule has 1 amide bonds. The molecule has 5 rings (SSSR count). The number of amides is 1. The Morgan fingerprint density at radius 2 is 1.69 bits per heavy atom. The Balaban J connectivity index is 1.52. The molecule has 4 aromatic rings. The lowest BCUT2D eigenvalue weighted by atomic mass is 9.94. The normalized spacial score (nSPS) is 16.4. The summed E-state index contributed by atoms with van der Waals surface area (Å²) in [6.45, 7) is 2.39. The predicted molar refractivity (Wildman–Crippen MR) is 147 cm³/mol. The van der Waals surface area contributed by atoms with E-state index in [1.807, 2.05) is 43.3 Å². The number of methoxy groups -OCH3 is 1. The number of benzene rings is 3. The summed E-state index contributed by atoms with van der Waals surface area (Å²) >= 11 is 0. The summed E-state index contributed by atoms with van der Waals surface area (Å²) in [6, 6.07) is 26.8. The number of pyridine rings is 1. The second-order valence-electron chi connectivity index (χ2n) is 9.28. The van der Waals surface area contributed by atoms with E-state index >= 15 is 0 Å². The third kappa shape index (κ3) is 5.38. The minimum atomic E-state index is -0.799. The van der Waals surface area contributed by atoms with Gasteiger partial charge in [-0.25, -0.2) is 0 Å². The van der Waals surface area contributed by atoms with Crippen LogP contribution >= 0.6 is 0 Å². The number of aryl methyl sites for hydroxylation is 1. The van der Waals surface area contributed by atoms with Gasteiger partial charge >= 0.3 is 0 Å². The van der Waals surface area contributed by atoms with Gasteiger partial charge in [0.15, 0.2) is 0 Å². The number of ketones is 1. The predicted octanol–water partition coefficient (Wildman–Crippen LogP) is 5.60. The van der Waals surface area contributed by atoms with Crippen LogP contribution in [0.1, 0.15) is 34.0 Å². The Hall–Kier alpha value is -4.91. The monoisotopic (exact) mass is 520 g/mol. The molecule has 1 fully saturated rings. The van der Waals surface area contributed by atoms with Crippen molar-refractivity contribution >= 4 is 17.4 Å². The van der Waals surface area contributed by atoms with Crippen molar-refractivity contribution in [3.8, 4) is 11.5 Å². The standard InChI is InChI=1S/C32H28N2O5/c1-21-18-24(13-16-27(21)39-20-22-8-4-3-5-9-22)30(35)28-29(23-11-14-26(38-2)15-12-23)34(32(37)31(28)36)19-25-10-6-7-17-33-25/h3-18,29,35H,19-20H2,1-2H3/b30-28-. The molecule has 2 heterocycles. The van der Waals surface area contributed by atoms with Crippen LogP contribution in [-0.4, -0.2) is 33.8 Å². The number of aromatic nitrogens is 1. The van der Waals surface area contributed by atoms with Crippen molar-refractivity contribution in [2.75, 3.05) is 7.11 Å². The lowest BCUT2D eigenvalue weighted by Gasteiger charge is -2.25. The molecule has 3 aromatic carbocycles. The molecule has 1 saturated heterocycles. The van der Waals surface area contributed by atoms with Gasteiger partial charge in [-0.2, -0.15) is 0 Å². The third-order valence-corrected chi connectivity index (χ3v) is 6.72. The van der Waals surface area contributed by atoms with Crippen LogP contribution < -0.4 is 9.47 Å². The van der Waals surface area contributed by atoms with E-state index in [4.69, 9.17) is 9.47 Å². The van der Waals surface area contributed by atoms with E-state index in [-0.39, 0.29) is 17.9 Å². The van der Waals surface area contributed by atoms with E-state index < -0.39 is 17.7 Å². The fourth-order valence-electron chi connectivity index (χ4n) is 4.69. The molecule has 0 radical (unpaired) electrons. The Kier molecular flexibility index (Phi) is 7.41. The highest BCUT2D eigenvalue weighted by Crippen LogP contribution is 2.41. The molecule has 0 saturated carbocycles. The summed E-state index contributed by atoms with van der Waals surface area (Å²) in [6.07, 6.45) is 1.64. The van der Waals surface area contributed by atoms with Crippen molar-refractivity contribution in [1.82, 2.24) is 9.88 Å². The molecule has 7 nitrogen and oxygen atoms in total. The van der Waals surface area contributed by atoms with Crippen LogP contribution in [-0.2, 0) is 22.7 Å². The number of ether oxygens (including phenoxy) is 2. The maximum atomic E-state index is 13.4. The molecule has 1 atom stereocenters. The van der Waals surface area contributed by atoms with Crippen molar-refractivity contribution in [1.29, 1.82) is 0 Å². The summed E-state index contributed by atoms with van der Waals surface area (Å²) in [4.78, 5) is 32.4. The van der Waals surface area contributed by atoms with Crippen molar-refractivity contribution < 1.29 is 24.2 Å². The zero-order chi connectivity index (χ0) is 27.4. The van der Waals surface area contributed by atoms with Gasteiger partial charge in [-0.3, -0.25) is 14.6 Å². The number of hydrogen-bond donors (Lipinski definition) is 1. The molecular weight excluding hydrogens is 492 g/mol. The fraction of sp³-hybridized carbons (Fsp3) is 0.156. The van der Waals surface area contributed by atoms with Crippen LogP contribution in [0.2, 0.25) is 0 Å². The highest BCUT2D eigenvalue weighted by Gasteiger charge is 2.46. The number of carbonyl (C=O) groups is 2. The smallest absolute Gasteiger partial charge is 0.296 e. The van der Waals surface area contributed by atoms with Gasteiger partial charge in [-0.15, -0.1) is 0 Å². The summed E-state index contributed by atoms with van der Waals surface area (Å²) in [5, 5.41) is 11.4. The van der Waals surface area contributed by atoms with Crippen LogP contribution in [0.5, 0.6) is 11.5 Å². The first kappa shape index (κ1) is 25.7. The van der Waals surface area contributed by atoms with Gasteiger partial charge in [-0.1, -0.05) is 48.5 Å². The highest BCUT2D eigenvalue weighted by atomic mass is 16.5. The first-order valence-electron chi connectivity index (χ1n) is 12.6. The second kappa shape index (κ2) is 11.2. The molecular formula is C32H28N2O5. The van der Waals surface area contributed by atoms with Crippen molar-refractivity contribution in [2.24, 2.45) is 0 Å². The maximum absolute atomic E-state index is 13.4. The van der Waals surface area contributed by atoms with Crippen LogP contribution in [0.4, 0.5) is 0 Å². The third-order valence-electron chi connectivity index (χ3n) is 6.72. The number of aliphatic hydroxyl groups excluding tert-OH is 1. The van der Waals surface area contributed by atoms with Gasteiger partial charge in [0.2, 0.25) is 0 Å². The summed E-state index contributed by atoms with van der Waals surface area (Å²) < 4.78 is 11.3. The summed E-state index contributed by atoms with van der Waals surface area (Å²) in [7, 11) is 1.57. The van der Waals surface area contributed by atoms with Crippen LogP contribution in [0.15, 0.2) is 103 Å². The summed E-state index contributed by atoms with van der Waals surface area (Å²) in [5.74, 6) is -0.371. The van der Waals surface area contributed by atoms with Gasteiger partial charge < -0.3 is 19.5 Å². The minimum absolute atomic E-state index is 0.0263. The van der Waals surface area contributed by atoms with Gasteiger partial charge in [0, 0.05) is 11.8 Å². The van der Waals surface area contributed by atoms with Crippen molar-refractivity contribution in [3.05, 3.63) is 131 Å². The number of likely N-dealkylation sites (tertiary alicyclic amines) is 1. The summed E-state index contributed by atoms with van der Waals surface area (Å²) in [5.41, 5.74) is 3.59. The lowest BCUT2D eigenvalue weighted by molar-refractivity contribution is -0.140. The first-order chi connectivity index (χ1) is 19.0.